The minimum Gasteiger partial charge on any atom is -0.306 e. The van der Waals surface area contributed by atoms with Gasteiger partial charge in [0.2, 0.25) is 0 Å². The molecule has 0 fully saturated rings. The topological polar surface area (TPSA) is 63.6 Å². The summed E-state index contributed by atoms with van der Waals surface area (Å²) in [6.45, 7) is 1.94. The first-order valence-electron chi connectivity index (χ1n) is 8.49. The molecule has 0 saturated heterocycles. The van der Waals surface area contributed by atoms with E-state index in [-0.39, 0.29) is 17.6 Å². The second-order valence-corrected chi connectivity index (χ2v) is 6.43. The zero-order valence-corrected chi connectivity index (χ0v) is 14.8. The maximum absolute atomic E-state index is 13.4. The van der Waals surface area contributed by atoms with Crippen molar-refractivity contribution < 1.29 is 13.2 Å². The van der Waals surface area contributed by atoms with Crippen molar-refractivity contribution in [2.45, 2.75) is 19.6 Å². The van der Waals surface area contributed by atoms with Crippen LogP contribution in [-0.4, -0.2) is 19.7 Å². The molecule has 4 aromatic rings. The van der Waals surface area contributed by atoms with Crippen LogP contribution in [0.25, 0.3) is 22.0 Å². The van der Waals surface area contributed by atoms with Crippen molar-refractivity contribution in [1.82, 2.24) is 19.7 Å². The molecule has 0 saturated carbocycles. The fourth-order valence-corrected chi connectivity index (χ4v) is 3.25. The van der Waals surface area contributed by atoms with Crippen LogP contribution in [0.1, 0.15) is 17.0 Å². The van der Waals surface area contributed by atoms with Gasteiger partial charge in [0.05, 0.1) is 29.5 Å². The molecule has 4 rings (SSSR count). The van der Waals surface area contributed by atoms with Crippen LogP contribution in [0.4, 0.5) is 13.2 Å². The Hall–Kier alpha value is -3.42. The van der Waals surface area contributed by atoms with E-state index >= 15 is 0 Å². The Kier molecular flexibility index (Phi) is 4.26. The van der Waals surface area contributed by atoms with Crippen molar-refractivity contribution in [1.29, 1.82) is 0 Å². The lowest BCUT2D eigenvalue weighted by atomic mass is 9.97. The highest BCUT2D eigenvalue weighted by Gasteiger charge is 2.32. The third kappa shape index (κ3) is 3.17. The Morgan fingerprint density at radius 3 is 2.64 bits per heavy atom. The monoisotopic (exact) mass is 384 g/mol. The van der Waals surface area contributed by atoms with Crippen LogP contribution >= 0.6 is 0 Å². The molecule has 3 heterocycles. The maximum atomic E-state index is 13.4. The van der Waals surface area contributed by atoms with Gasteiger partial charge in [-0.1, -0.05) is 6.07 Å². The molecule has 0 bridgehead atoms. The molecule has 0 atom stereocenters. The van der Waals surface area contributed by atoms with Crippen molar-refractivity contribution in [3.8, 4) is 11.1 Å². The molecule has 5 nitrogen and oxygen atoms in total. The molecule has 0 spiro atoms. The van der Waals surface area contributed by atoms with Gasteiger partial charge in [-0.15, -0.1) is 0 Å². The van der Waals surface area contributed by atoms with E-state index in [1.54, 1.807) is 31.3 Å². The number of H-pyrrole nitrogens is 1. The van der Waals surface area contributed by atoms with Crippen LogP contribution in [0.5, 0.6) is 0 Å². The van der Waals surface area contributed by atoms with Crippen molar-refractivity contribution in [3.63, 3.8) is 0 Å². The van der Waals surface area contributed by atoms with E-state index in [0.717, 1.165) is 12.1 Å². The summed E-state index contributed by atoms with van der Waals surface area (Å²) >= 11 is 0. The predicted octanol–water partition coefficient (Wildman–Crippen LogP) is 4.16. The largest absolute Gasteiger partial charge is 0.416 e. The number of nitrogens with zero attached hydrogens (tertiary/aromatic N) is 3. The molecule has 0 radical (unpaired) electrons. The molecule has 3 aromatic heterocycles. The van der Waals surface area contributed by atoms with Crippen molar-refractivity contribution in [3.05, 3.63) is 82.2 Å². The van der Waals surface area contributed by atoms with Crippen LogP contribution in [0.3, 0.4) is 0 Å². The zero-order valence-electron chi connectivity index (χ0n) is 14.8. The summed E-state index contributed by atoms with van der Waals surface area (Å²) in [5.74, 6) is 0. The molecule has 1 N–H and O–H groups in total. The Morgan fingerprint density at radius 1 is 1.11 bits per heavy atom. The summed E-state index contributed by atoms with van der Waals surface area (Å²) in [6.07, 6.45) is -1.38. The number of alkyl halides is 3. The van der Waals surface area contributed by atoms with E-state index in [0.29, 0.717) is 27.9 Å². The quantitative estimate of drug-likeness (QED) is 0.577. The minimum absolute atomic E-state index is 0.229. The Balaban J connectivity index is 1.92. The predicted molar refractivity (Wildman–Crippen MR) is 98.9 cm³/mol. The van der Waals surface area contributed by atoms with Gasteiger partial charge < -0.3 is 4.57 Å². The molecule has 0 aliphatic heterocycles. The van der Waals surface area contributed by atoms with Crippen molar-refractivity contribution >= 4 is 10.9 Å². The van der Waals surface area contributed by atoms with Gasteiger partial charge in [-0.05, 0) is 42.8 Å². The molecule has 142 valence electrons. The Morgan fingerprint density at radius 2 is 1.93 bits per heavy atom. The number of fused-ring (bicyclic) bond motifs is 1. The van der Waals surface area contributed by atoms with E-state index < -0.39 is 11.7 Å². The van der Waals surface area contributed by atoms with E-state index in [9.17, 15) is 18.0 Å². The van der Waals surface area contributed by atoms with Gasteiger partial charge in [0.1, 0.15) is 0 Å². The fraction of sp³-hybridized carbons (Fsp3) is 0.150. The molecule has 8 heteroatoms. The van der Waals surface area contributed by atoms with Crippen LogP contribution < -0.4 is 5.56 Å². The van der Waals surface area contributed by atoms with Crippen LogP contribution in [0.15, 0.2) is 59.7 Å². The first-order valence-corrected chi connectivity index (χ1v) is 8.49. The number of hydrogen-bond donors (Lipinski definition) is 1. The summed E-state index contributed by atoms with van der Waals surface area (Å²) in [5.41, 5.74) is 1.40. The molecule has 0 unspecified atom stereocenters. The number of benzene rings is 1. The third-order valence-corrected chi connectivity index (χ3v) is 4.68. The molecular weight excluding hydrogens is 369 g/mol. The second-order valence-electron chi connectivity index (χ2n) is 6.43. The standard InChI is InChI=1S/C20H15F3N4O/c1-12-15(5-6-19(28)27(12)11-14-4-2-3-7-24-14)16-8-13(20(21,22)23)9-18-17(16)10-25-26-18/h2-10H,11H2,1H3,(H,25,26). The maximum Gasteiger partial charge on any atom is 0.416 e. The number of hydrogen-bond acceptors (Lipinski definition) is 3. The number of halogens is 3. The smallest absolute Gasteiger partial charge is 0.306 e. The fourth-order valence-electron chi connectivity index (χ4n) is 3.25. The summed E-state index contributed by atoms with van der Waals surface area (Å²) in [7, 11) is 0. The highest BCUT2D eigenvalue weighted by Crippen LogP contribution is 2.37. The molecule has 0 aliphatic rings. The number of aromatic amines is 1. The van der Waals surface area contributed by atoms with Crippen molar-refractivity contribution in [2.24, 2.45) is 0 Å². The van der Waals surface area contributed by atoms with E-state index in [1.807, 2.05) is 6.07 Å². The van der Waals surface area contributed by atoms with Crippen molar-refractivity contribution in [2.75, 3.05) is 0 Å². The van der Waals surface area contributed by atoms with Gasteiger partial charge in [-0.25, -0.2) is 0 Å². The van der Waals surface area contributed by atoms with Gasteiger partial charge in [-0.3, -0.25) is 14.9 Å². The highest BCUT2D eigenvalue weighted by atomic mass is 19.4. The summed E-state index contributed by atoms with van der Waals surface area (Å²) < 4.78 is 41.6. The van der Waals surface area contributed by atoms with Gasteiger partial charge in [0.15, 0.2) is 0 Å². The van der Waals surface area contributed by atoms with E-state index in [1.165, 1.54) is 16.8 Å². The third-order valence-electron chi connectivity index (χ3n) is 4.68. The summed E-state index contributed by atoms with van der Waals surface area (Å²) in [5, 5.41) is 7.03. The molecule has 0 aliphatic carbocycles. The number of pyridine rings is 2. The zero-order chi connectivity index (χ0) is 19.9. The molecule has 0 amide bonds. The molecule has 28 heavy (non-hydrogen) atoms. The number of aromatic nitrogens is 4. The van der Waals surface area contributed by atoms with Gasteiger partial charge >= 0.3 is 6.18 Å². The second kappa shape index (κ2) is 6.63. The summed E-state index contributed by atoms with van der Waals surface area (Å²) in [6, 6.07) is 10.4. The highest BCUT2D eigenvalue weighted by molar-refractivity contribution is 5.95. The SMILES string of the molecule is Cc1c(-c2cc(C(F)(F)F)cc3[nH]ncc23)ccc(=O)n1Cc1ccccn1. The van der Waals surface area contributed by atoms with Gasteiger partial charge in [0.25, 0.3) is 5.56 Å². The average molecular weight is 384 g/mol. The van der Waals surface area contributed by atoms with E-state index in [4.69, 9.17) is 0 Å². The number of rotatable bonds is 3. The molecule has 1 aromatic carbocycles. The first-order chi connectivity index (χ1) is 13.3. The normalized spacial score (nSPS) is 11.9. The first kappa shape index (κ1) is 18.0. The average Bonchev–Trinajstić information content (AvgIpc) is 3.14. The van der Waals surface area contributed by atoms with Crippen LogP contribution in [0.2, 0.25) is 0 Å². The summed E-state index contributed by atoms with van der Waals surface area (Å²) in [4.78, 5) is 16.6. The Bertz CT molecular complexity index is 1210. The minimum atomic E-state index is -4.50. The number of nitrogens with one attached hydrogen (secondary N) is 1. The lowest BCUT2D eigenvalue weighted by molar-refractivity contribution is -0.137. The van der Waals surface area contributed by atoms with Gasteiger partial charge in [0, 0.05) is 28.9 Å². The van der Waals surface area contributed by atoms with Crippen LogP contribution in [0, 0.1) is 6.92 Å². The molecular formula is C20H15F3N4O. The van der Waals surface area contributed by atoms with Crippen LogP contribution in [-0.2, 0) is 12.7 Å². The van der Waals surface area contributed by atoms with Gasteiger partial charge in [-0.2, -0.15) is 18.3 Å². The lowest BCUT2D eigenvalue weighted by Crippen LogP contribution is -2.23. The Labute approximate surface area is 157 Å². The lowest BCUT2D eigenvalue weighted by Gasteiger charge is -2.16. The van der Waals surface area contributed by atoms with E-state index in [2.05, 4.69) is 15.2 Å².